The predicted octanol–water partition coefficient (Wildman–Crippen LogP) is 1.61. The van der Waals surface area contributed by atoms with Gasteiger partial charge in [0, 0.05) is 26.2 Å². The minimum atomic E-state index is -3.66. The van der Waals surface area contributed by atoms with Gasteiger partial charge in [-0.15, -0.1) is 0 Å². The van der Waals surface area contributed by atoms with Crippen molar-refractivity contribution in [3.8, 4) is 5.69 Å². The third kappa shape index (κ3) is 3.38. The number of benzene rings is 1. The zero-order valence-corrected chi connectivity index (χ0v) is 15.2. The first kappa shape index (κ1) is 17.5. The number of hydrogen-bond donors (Lipinski definition) is 0. The van der Waals surface area contributed by atoms with Crippen molar-refractivity contribution in [1.82, 2.24) is 19.0 Å². The molecular formula is C18H18N4O4S. The van der Waals surface area contributed by atoms with E-state index >= 15 is 0 Å². The molecule has 0 bridgehead atoms. The van der Waals surface area contributed by atoms with Crippen LogP contribution in [0.1, 0.15) is 10.6 Å². The molecule has 8 nitrogen and oxygen atoms in total. The Morgan fingerprint density at radius 1 is 1.00 bits per heavy atom. The number of rotatable bonds is 4. The van der Waals surface area contributed by atoms with Crippen LogP contribution in [-0.2, 0) is 10.0 Å². The Hall–Kier alpha value is -2.91. The molecule has 1 amide bonds. The minimum Gasteiger partial charge on any atom is -0.459 e. The van der Waals surface area contributed by atoms with Gasteiger partial charge in [0.05, 0.1) is 24.3 Å². The van der Waals surface area contributed by atoms with E-state index in [9.17, 15) is 13.2 Å². The Morgan fingerprint density at radius 2 is 1.74 bits per heavy atom. The van der Waals surface area contributed by atoms with E-state index in [4.69, 9.17) is 4.42 Å². The topological polar surface area (TPSA) is 88.7 Å². The average molecular weight is 386 g/mol. The Morgan fingerprint density at radius 3 is 2.41 bits per heavy atom. The van der Waals surface area contributed by atoms with Gasteiger partial charge in [0.15, 0.2) is 5.76 Å². The second-order valence-corrected chi connectivity index (χ2v) is 8.07. The molecule has 0 aliphatic carbocycles. The van der Waals surface area contributed by atoms with Crippen LogP contribution in [0.4, 0.5) is 0 Å². The molecule has 2 aromatic heterocycles. The van der Waals surface area contributed by atoms with Gasteiger partial charge in [0.1, 0.15) is 4.90 Å². The maximum absolute atomic E-state index is 12.9. The first-order valence-corrected chi connectivity index (χ1v) is 9.93. The third-order valence-corrected chi connectivity index (χ3v) is 6.33. The number of sulfonamides is 1. The molecule has 1 aromatic carbocycles. The van der Waals surface area contributed by atoms with E-state index in [1.807, 2.05) is 30.3 Å². The van der Waals surface area contributed by atoms with E-state index in [0.29, 0.717) is 13.1 Å². The van der Waals surface area contributed by atoms with Gasteiger partial charge in [-0.25, -0.2) is 13.1 Å². The average Bonchev–Trinajstić information content (AvgIpc) is 3.40. The van der Waals surface area contributed by atoms with Crippen LogP contribution in [0.15, 0.2) is 70.4 Å². The van der Waals surface area contributed by atoms with Crippen LogP contribution in [0.3, 0.4) is 0 Å². The molecule has 3 heterocycles. The zero-order chi connectivity index (χ0) is 18.9. The normalized spacial score (nSPS) is 15.8. The van der Waals surface area contributed by atoms with E-state index in [2.05, 4.69) is 5.10 Å². The van der Waals surface area contributed by atoms with Gasteiger partial charge in [0.2, 0.25) is 10.0 Å². The SMILES string of the molecule is O=C(c1ccco1)N1CCN(S(=O)(=O)c2cnn(-c3ccccc3)c2)CC1. The van der Waals surface area contributed by atoms with E-state index in [-0.39, 0.29) is 29.7 Å². The number of para-hydroxylation sites is 1. The molecule has 0 unspecified atom stereocenters. The first-order valence-electron chi connectivity index (χ1n) is 8.49. The van der Waals surface area contributed by atoms with Crippen LogP contribution in [0.25, 0.3) is 5.69 Å². The van der Waals surface area contributed by atoms with Gasteiger partial charge in [-0.1, -0.05) is 18.2 Å². The monoisotopic (exact) mass is 386 g/mol. The summed E-state index contributed by atoms with van der Waals surface area (Å²) in [6.07, 6.45) is 4.30. The summed E-state index contributed by atoms with van der Waals surface area (Å²) >= 11 is 0. The highest BCUT2D eigenvalue weighted by Crippen LogP contribution is 2.19. The highest BCUT2D eigenvalue weighted by Gasteiger charge is 2.32. The lowest BCUT2D eigenvalue weighted by molar-refractivity contribution is 0.0666. The lowest BCUT2D eigenvalue weighted by atomic mass is 10.3. The number of amides is 1. The van der Waals surface area contributed by atoms with Crippen molar-refractivity contribution in [2.75, 3.05) is 26.2 Å². The molecular weight excluding hydrogens is 368 g/mol. The smallest absolute Gasteiger partial charge is 0.289 e. The van der Waals surface area contributed by atoms with Gasteiger partial charge < -0.3 is 9.32 Å². The molecule has 4 rings (SSSR count). The molecule has 1 saturated heterocycles. The summed E-state index contributed by atoms with van der Waals surface area (Å²) in [7, 11) is -3.66. The van der Waals surface area contributed by atoms with Crippen LogP contribution in [-0.4, -0.2) is 59.5 Å². The number of hydrogen-bond acceptors (Lipinski definition) is 5. The summed E-state index contributed by atoms with van der Waals surface area (Å²) in [5.74, 6) is 0.0318. The Kier molecular flexibility index (Phi) is 4.54. The number of carbonyl (C=O) groups excluding carboxylic acids is 1. The maximum atomic E-state index is 12.9. The van der Waals surface area contributed by atoms with Crippen LogP contribution in [0, 0.1) is 0 Å². The number of nitrogens with zero attached hydrogens (tertiary/aromatic N) is 4. The molecule has 27 heavy (non-hydrogen) atoms. The maximum Gasteiger partial charge on any atom is 0.289 e. The highest BCUT2D eigenvalue weighted by molar-refractivity contribution is 7.89. The van der Waals surface area contributed by atoms with Gasteiger partial charge in [-0.3, -0.25) is 4.79 Å². The minimum absolute atomic E-state index is 0.136. The standard InChI is InChI=1S/C18H18N4O4S/c23-18(17-7-4-12-26-17)20-8-10-21(11-9-20)27(24,25)16-13-19-22(14-16)15-5-2-1-3-6-15/h1-7,12-14H,8-11H2. The summed E-state index contributed by atoms with van der Waals surface area (Å²) < 4.78 is 33.8. The van der Waals surface area contributed by atoms with Crippen molar-refractivity contribution in [1.29, 1.82) is 0 Å². The molecule has 140 valence electrons. The van der Waals surface area contributed by atoms with Crippen molar-refractivity contribution < 1.29 is 17.6 Å². The van der Waals surface area contributed by atoms with Crippen LogP contribution < -0.4 is 0 Å². The van der Waals surface area contributed by atoms with Crippen molar-refractivity contribution in [2.45, 2.75) is 4.90 Å². The fraction of sp³-hybridized carbons (Fsp3) is 0.222. The molecule has 0 N–H and O–H groups in total. The van der Waals surface area contributed by atoms with E-state index < -0.39 is 10.0 Å². The largest absolute Gasteiger partial charge is 0.459 e. The fourth-order valence-corrected chi connectivity index (χ4v) is 4.35. The molecule has 1 fully saturated rings. The van der Waals surface area contributed by atoms with Crippen molar-refractivity contribution in [3.05, 3.63) is 66.9 Å². The summed E-state index contributed by atoms with van der Waals surface area (Å²) in [6.45, 7) is 1.08. The van der Waals surface area contributed by atoms with Crippen LogP contribution in [0.5, 0.6) is 0 Å². The van der Waals surface area contributed by atoms with E-state index in [1.165, 1.54) is 27.6 Å². The summed E-state index contributed by atoms with van der Waals surface area (Å²) in [5.41, 5.74) is 0.785. The molecule has 0 spiro atoms. The lowest BCUT2D eigenvalue weighted by Crippen LogP contribution is -2.50. The van der Waals surface area contributed by atoms with Crippen LogP contribution in [0.2, 0.25) is 0 Å². The number of aromatic nitrogens is 2. The Labute approximate surface area is 156 Å². The molecule has 9 heteroatoms. The lowest BCUT2D eigenvalue weighted by Gasteiger charge is -2.33. The summed E-state index contributed by atoms with van der Waals surface area (Å²) in [6, 6.07) is 12.6. The van der Waals surface area contributed by atoms with Gasteiger partial charge in [-0.05, 0) is 24.3 Å². The third-order valence-electron chi connectivity index (χ3n) is 4.48. The van der Waals surface area contributed by atoms with E-state index in [1.54, 1.807) is 17.0 Å². The molecule has 1 aliphatic rings. The van der Waals surface area contributed by atoms with E-state index in [0.717, 1.165) is 5.69 Å². The quantitative estimate of drug-likeness (QED) is 0.680. The van der Waals surface area contributed by atoms with Crippen molar-refractivity contribution in [3.63, 3.8) is 0 Å². The molecule has 0 atom stereocenters. The summed E-state index contributed by atoms with van der Waals surface area (Å²) in [4.78, 5) is 14.0. The Balaban J connectivity index is 1.46. The fourth-order valence-electron chi connectivity index (χ4n) is 3.00. The molecule has 1 aliphatic heterocycles. The molecule has 3 aromatic rings. The highest BCUT2D eigenvalue weighted by atomic mass is 32.2. The summed E-state index contributed by atoms with van der Waals surface area (Å²) in [5, 5.41) is 4.16. The predicted molar refractivity (Wildman–Crippen MR) is 96.9 cm³/mol. The second-order valence-electron chi connectivity index (χ2n) is 6.13. The number of carbonyl (C=O) groups is 1. The Bertz CT molecular complexity index is 1020. The van der Waals surface area contributed by atoms with Crippen molar-refractivity contribution in [2.24, 2.45) is 0 Å². The number of furan rings is 1. The van der Waals surface area contributed by atoms with Crippen molar-refractivity contribution >= 4 is 15.9 Å². The molecule has 0 saturated carbocycles. The van der Waals surface area contributed by atoms with Gasteiger partial charge >= 0.3 is 0 Å². The second kappa shape index (κ2) is 7.01. The number of piperazine rings is 1. The van der Waals surface area contributed by atoms with Crippen LogP contribution >= 0.6 is 0 Å². The van der Waals surface area contributed by atoms with Gasteiger partial charge in [-0.2, -0.15) is 9.40 Å². The van der Waals surface area contributed by atoms with Gasteiger partial charge in [0.25, 0.3) is 5.91 Å². The first-order chi connectivity index (χ1) is 13.1. The zero-order valence-electron chi connectivity index (χ0n) is 14.4. The molecule has 0 radical (unpaired) electrons.